The molecule has 0 aliphatic carbocycles. The van der Waals surface area contributed by atoms with Gasteiger partial charge in [-0.2, -0.15) is 0 Å². The maximum absolute atomic E-state index is 5.43. The topological polar surface area (TPSA) is 43.4 Å². The van der Waals surface area contributed by atoms with Crippen molar-refractivity contribution in [1.82, 2.24) is 4.98 Å². The molecule has 0 spiro atoms. The summed E-state index contributed by atoms with van der Waals surface area (Å²) in [5.74, 6) is 2.48. The van der Waals surface area contributed by atoms with E-state index in [9.17, 15) is 0 Å². The highest BCUT2D eigenvalue weighted by molar-refractivity contribution is 5.89. The zero-order valence-corrected chi connectivity index (χ0v) is 11.9. The first-order valence-electron chi connectivity index (χ1n) is 6.53. The van der Waals surface area contributed by atoms with Gasteiger partial charge in [-0.15, -0.1) is 0 Å². The van der Waals surface area contributed by atoms with Crippen LogP contribution in [-0.2, 0) is 6.42 Å². The third-order valence-corrected chi connectivity index (χ3v) is 3.13. The first kappa shape index (κ1) is 13.5. The first-order chi connectivity index (χ1) is 9.23. The Morgan fingerprint density at radius 3 is 2.47 bits per heavy atom. The summed E-state index contributed by atoms with van der Waals surface area (Å²) in [7, 11) is 3.31. The summed E-state index contributed by atoms with van der Waals surface area (Å²) in [5, 5.41) is 4.32. The van der Waals surface area contributed by atoms with Gasteiger partial charge in [-0.3, -0.25) is 0 Å². The van der Waals surface area contributed by atoms with Crippen molar-refractivity contribution in [3.8, 4) is 11.5 Å². The predicted octanol–water partition coefficient (Wildman–Crippen LogP) is 3.25. The first-order valence-corrected chi connectivity index (χ1v) is 6.53. The number of pyridine rings is 1. The lowest BCUT2D eigenvalue weighted by molar-refractivity contribution is 0.398. The number of hydrogen-bond acceptors (Lipinski definition) is 4. The Labute approximate surface area is 113 Å². The molecular formula is C15H20N2O2. The van der Waals surface area contributed by atoms with Crippen molar-refractivity contribution >= 4 is 16.7 Å². The van der Waals surface area contributed by atoms with Gasteiger partial charge >= 0.3 is 0 Å². The number of aromatic nitrogens is 1. The van der Waals surface area contributed by atoms with Gasteiger partial charge in [0.25, 0.3) is 0 Å². The Hall–Kier alpha value is -1.97. The number of hydrogen-bond donors (Lipinski definition) is 1. The fourth-order valence-corrected chi connectivity index (χ4v) is 2.14. The second-order valence-corrected chi connectivity index (χ2v) is 4.28. The smallest absolute Gasteiger partial charge is 0.131 e. The van der Waals surface area contributed by atoms with Gasteiger partial charge in [0.1, 0.15) is 17.3 Å². The average molecular weight is 260 g/mol. The Kier molecular flexibility index (Phi) is 4.10. The van der Waals surface area contributed by atoms with Gasteiger partial charge in [0.05, 0.1) is 19.7 Å². The number of benzene rings is 1. The van der Waals surface area contributed by atoms with E-state index in [1.165, 1.54) is 5.56 Å². The summed E-state index contributed by atoms with van der Waals surface area (Å²) in [6, 6.07) is 5.95. The van der Waals surface area contributed by atoms with Crippen LogP contribution >= 0.6 is 0 Å². The van der Waals surface area contributed by atoms with E-state index < -0.39 is 0 Å². The van der Waals surface area contributed by atoms with Gasteiger partial charge in [-0.1, -0.05) is 6.92 Å². The average Bonchev–Trinajstić information content (AvgIpc) is 2.45. The van der Waals surface area contributed by atoms with Gasteiger partial charge in [0.15, 0.2) is 0 Å². The lowest BCUT2D eigenvalue weighted by atomic mass is 10.1. The maximum atomic E-state index is 5.43. The summed E-state index contributed by atoms with van der Waals surface area (Å²) in [6.07, 6.45) is 0.931. The van der Waals surface area contributed by atoms with E-state index in [1.807, 2.05) is 12.1 Å². The van der Waals surface area contributed by atoms with E-state index in [-0.39, 0.29) is 0 Å². The highest BCUT2D eigenvalue weighted by Gasteiger charge is 2.10. The molecule has 0 saturated carbocycles. The standard InChI is InChI=1S/C15H20N2O2/c1-5-10-7-12-13(17-15(10)16-6-2)8-11(18-3)9-14(12)19-4/h7-9H,5-6H2,1-4H3,(H,16,17). The van der Waals surface area contributed by atoms with Crippen LogP contribution < -0.4 is 14.8 Å². The SMILES string of the molecule is CCNc1nc2cc(OC)cc(OC)c2cc1CC. The minimum Gasteiger partial charge on any atom is -0.497 e. The summed E-state index contributed by atoms with van der Waals surface area (Å²) in [6.45, 7) is 5.05. The lowest BCUT2D eigenvalue weighted by Crippen LogP contribution is -2.04. The van der Waals surface area contributed by atoms with Crippen molar-refractivity contribution < 1.29 is 9.47 Å². The molecule has 0 bridgehead atoms. The van der Waals surface area contributed by atoms with Gasteiger partial charge in [0, 0.05) is 24.1 Å². The Bertz CT molecular complexity index is 582. The quantitative estimate of drug-likeness (QED) is 0.896. The van der Waals surface area contributed by atoms with Gasteiger partial charge < -0.3 is 14.8 Å². The molecular weight excluding hydrogens is 240 g/mol. The predicted molar refractivity (Wildman–Crippen MR) is 78.4 cm³/mol. The Morgan fingerprint density at radius 2 is 1.89 bits per heavy atom. The fourth-order valence-electron chi connectivity index (χ4n) is 2.14. The van der Waals surface area contributed by atoms with Gasteiger partial charge in [-0.05, 0) is 25.0 Å². The fraction of sp³-hybridized carbons (Fsp3) is 0.400. The zero-order valence-electron chi connectivity index (χ0n) is 11.9. The number of nitrogens with zero attached hydrogens (tertiary/aromatic N) is 1. The molecule has 4 heteroatoms. The molecule has 2 rings (SSSR count). The number of rotatable bonds is 5. The molecule has 19 heavy (non-hydrogen) atoms. The van der Waals surface area contributed by atoms with Crippen molar-refractivity contribution in [2.75, 3.05) is 26.1 Å². The molecule has 4 nitrogen and oxygen atoms in total. The number of methoxy groups -OCH3 is 2. The molecule has 0 fully saturated rings. The summed E-state index contributed by atoms with van der Waals surface area (Å²) in [4.78, 5) is 4.68. The molecule has 0 aliphatic heterocycles. The largest absolute Gasteiger partial charge is 0.497 e. The third-order valence-electron chi connectivity index (χ3n) is 3.13. The molecule has 102 valence electrons. The van der Waals surface area contributed by atoms with Crippen LogP contribution in [0.15, 0.2) is 18.2 Å². The number of ether oxygens (including phenoxy) is 2. The van der Waals surface area contributed by atoms with Crippen LogP contribution in [0.1, 0.15) is 19.4 Å². The number of anilines is 1. The monoisotopic (exact) mass is 260 g/mol. The number of fused-ring (bicyclic) bond motifs is 1. The molecule has 1 aromatic heterocycles. The van der Waals surface area contributed by atoms with Crippen molar-refractivity contribution in [1.29, 1.82) is 0 Å². The van der Waals surface area contributed by atoms with Crippen molar-refractivity contribution in [3.63, 3.8) is 0 Å². The molecule has 1 N–H and O–H groups in total. The van der Waals surface area contributed by atoms with Crippen molar-refractivity contribution in [3.05, 3.63) is 23.8 Å². The third kappa shape index (κ3) is 2.57. The van der Waals surface area contributed by atoms with Crippen LogP contribution in [0.3, 0.4) is 0 Å². The number of nitrogens with one attached hydrogen (secondary N) is 1. The summed E-state index contributed by atoms with van der Waals surface area (Å²) >= 11 is 0. The van der Waals surface area contributed by atoms with Crippen LogP contribution in [0, 0.1) is 0 Å². The van der Waals surface area contributed by atoms with Gasteiger partial charge in [-0.25, -0.2) is 4.98 Å². The number of aryl methyl sites for hydroxylation is 1. The molecule has 0 aliphatic rings. The molecule has 1 heterocycles. The van der Waals surface area contributed by atoms with E-state index in [0.717, 1.165) is 41.2 Å². The summed E-state index contributed by atoms with van der Waals surface area (Å²) < 4.78 is 10.7. The minimum atomic E-state index is 0.753. The zero-order chi connectivity index (χ0) is 13.8. The van der Waals surface area contributed by atoms with E-state index in [4.69, 9.17) is 9.47 Å². The molecule has 0 atom stereocenters. The lowest BCUT2D eigenvalue weighted by Gasteiger charge is -2.13. The van der Waals surface area contributed by atoms with Gasteiger partial charge in [0.2, 0.25) is 0 Å². The van der Waals surface area contributed by atoms with Crippen LogP contribution in [0.4, 0.5) is 5.82 Å². The normalized spacial score (nSPS) is 10.5. The van der Waals surface area contributed by atoms with E-state index in [2.05, 4.69) is 30.2 Å². The molecule has 0 radical (unpaired) electrons. The van der Waals surface area contributed by atoms with E-state index in [1.54, 1.807) is 14.2 Å². The van der Waals surface area contributed by atoms with Crippen LogP contribution in [0.2, 0.25) is 0 Å². The molecule has 0 amide bonds. The van der Waals surface area contributed by atoms with Crippen molar-refractivity contribution in [2.24, 2.45) is 0 Å². The van der Waals surface area contributed by atoms with E-state index in [0.29, 0.717) is 0 Å². The van der Waals surface area contributed by atoms with Crippen LogP contribution in [0.25, 0.3) is 10.9 Å². The molecule has 2 aromatic rings. The molecule has 0 unspecified atom stereocenters. The van der Waals surface area contributed by atoms with Crippen LogP contribution in [-0.4, -0.2) is 25.7 Å². The minimum absolute atomic E-state index is 0.753. The van der Waals surface area contributed by atoms with Crippen molar-refractivity contribution in [2.45, 2.75) is 20.3 Å². The maximum Gasteiger partial charge on any atom is 0.131 e. The Balaban J connectivity index is 2.68. The second kappa shape index (κ2) is 5.78. The molecule has 0 saturated heterocycles. The molecule has 1 aromatic carbocycles. The van der Waals surface area contributed by atoms with Crippen LogP contribution in [0.5, 0.6) is 11.5 Å². The summed E-state index contributed by atoms with van der Waals surface area (Å²) in [5.41, 5.74) is 2.07. The second-order valence-electron chi connectivity index (χ2n) is 4.28. The highest BCUT2D eigenvalue weighted by atomic mass is 16.5. The highest BCUT2D eigenvalue weighted by Crippen LogP contribution is 2.32. The van der Waals surface area contributed by atoms with E-state index >= 15 is 0 Å². The Morgan fingerprint density at radius 1 is 1.11 bits per heavy atom.